The number of esters is 1. The van der Waals surface area contributed by atoms with E-state index in [1.165, 1.54) is 23.3 Å². The maximum atomic E-state index is 12.3. The Hall–Kier alpha value is -2.45. The first-order valence-electron chi connectivity index (χ1n) is 8.98. The lowest BCUT2D eigenvalue weighted by Gasteiger charge is -2.12. The summed E-state index contributed by atoms with van der Waals surface area (Å²) >= 11 is 6.79. The summed E-state index contributed by atoms with van der Waals surface area (Å²) in [4.78, 5) is 25.7. The molecule has 28 heavy (non-hydrogen) atoms. The first-order chi connectivity index (χ1) is 13.5. The maximum absolute atomic E-state index is 12.3. The summed E-state index contributed by atoms with van der Waals surface area (Å²) in [5, 5.41) is 6.49. The largest absolute Gasteiger partial charge is 0.497 e. The molecule has 1 aliphatic rings. The van der Waals surface area contributed by atoms with E-state index >= 15 is 0 Å². The molecule has 0 atom stereocenters. The normalized spacial score (nSPS) is 12.6. The van der Waals surface area contributed by atoms with Crippen molar-refractivity contribution >= 4 is 45.5 Å². The molecule has 1 aliphatic carbocycles. The van der Waals surface area contributed by atoms with E-state index < -0.39 is 0 Å². The zero-order valence-corrected chi connectivity index (χ0v) is 17.4. The lowest BCUT2D eigenvalue weighted by atomic mass is 9.95. The minimum atomic E-state index is -0.380. The number of rotatable bonds is 5. The van der Waals surface area contributed by atoms with E-state index in [1.807, 2.05) is 12.1 Å². The van der Waals surface area contributed by atoms with Gasteiger partial charge in [-0.2, -0.15) is 0 Å². The summed E-state index contributed by atoms with van der Waals surface area (Å²) in [5.41, 5.74) is 2.43. The Labute approximate surface area is 173 Å². The number of hydrogen-bond acceptors (Lipinski definition) is 6. The van der Waals surface area contributed by atoms with E-state index in [4.69, 9.17) is 21.7 Å². The molecule has 0 bridgehead atoms. The fourth-order valence-electron chi connectivity index (χ4n) is 3.21. The number of carbonyl (C=O) groups is 2. The quantitative estimate of drug-likeness (QED) is 0.572. The fourth-order valence-corrected chi connectivity index (χ4v) is 4.77. The molecular formula is C20H22N2O4S2. The molecule has 1 aromatic carbocycles. The van der Waals surface area contributed by atoms with Gasteiger partial charge in [-0.15, -0.1) is 11.3 Å². The molecule has 2 N–H and O–H groups in total. The van der Waals surface area contributed by atoms with E-state index in [9.17, 15) is 9.59 Å². The van der Waals surface area contributed by atoms with Crippen molar-refractivity contribution in [3.63, 3.8) is 0 Å². The highest BCUT2D eigenvalue weighted by Crippen LogP contribution is 2.38. The van der Waals surface area contributed by atoms with Crippen LogP contribution in [0, 0.1) is 0 Å². The van der Waals surface area contributed by atoms with Gasteiger partial charge in [-0.25, -0.2) is 4.79 Å². The number of anilines is 1. The van der Waals surface area contributed by atoms with Crippen molar-refractivity contribution in [1.29, 1.82) is 0 Å². The average molecular weight is 419 g/mol. The topological polar surface area (TPSA) is 76.7 Å². The zero-order valence-electron chi connectivity index (χ0n) is 15.8. The highest BCUT2D eigenvalue weighted by Gasteiger charge is 2.26. The molecule has 1 aromatic heterocycles. The monoisotopic (exact) mass is 418 g/mol. The third-order valence-corrected chi connectivity index (χ3v) is 5.98. The van der Waals surface area contributed by atoms with E-state index in [0.717, 1.165) is 42.6 Å². The lowest BCUT2D eigenvalue weighted by molar-refractivity contribution is -0.119. The van der Waals surface area contributed by atoms with Crippen molar-refractivity contribution in [2.45, 2.75) is 32.1 Å². The number of carbonyl (C=O) groups excluding carboxylic acids is 2. The number of nitrogens with one attached hydrogen (secondary N) is 2. The second kappa shape index (κ2) is 9.16. The first-order valence-corrected chi connectivity index (χ1v) is 10.2. The Morgan fingerprint density at radius 2 is 1.86 bits per heavy atom. The molecule has 0 fully saturated rings. The summed E-state index contributed by atoms with van der Waals surface area (Å²) in [7, 11) is 2.96. The molecule has 0 unspecified atom stereocenters. The van der Waals surface area contributed by atoms with Crippen molar-refractivity contribution in [1.82, 2.24) is 5.32 Å². The molecular weight excluding hydrogens is 396 g/mol. The van der Waals surface area contributed by atoms with E-state index in [2.05, 4.69) is 10.6 Å². The van der Waals surface area contributed by atoms with Gasteiger partial charge in [0.25, 0.3) is 0 Å². The van der Waals surface area contributed by atoms with Crippen molar-refractivity contribution in [3.8, 4) is 5.75 Å². The van der Waals surface area contributed by atoms with Crippen LogP contribution in [-0.4, -0.2) is 31.2 Å². The van der Waals surface area contributed by atoms with Gasteiger partial charge in [0.05, 0.1) is 26.2 Å². The smallest absolute Gasteiger partial charge is 0.341 e. The maximum Gasteiger partial charge on any atom is 0.341 e. The number of thiophene rings is 1. The minimum absolute atomic E-state index is 0.169. The number of ether oxygens (including phenoxy) is 2. The van der Waals surface area contributed by atoms with Gasteiger partial charge in [0.1, 0.15) is 10.8 Å². The summed E-state index contributed by atoms with van der Waals surface area (Å²) in [6, 6.07) is 7.27. The van der Waals surface area contributed by atoms with Crippen LogP contribution >= 0.6 is 23.6 Å². The molecule has 0 aliphatic heterocycles. The standard InChI is InChI=1S/C20H22N2O4S2/c1-25-13-9-7-12(8-10-13)11-16(23)21-20(27)22-18-17(19(24)26-2)14-5-3-4-6-15(14)28-18/h7-10H,3-6,11H2,1-2H3,(H2,21,22,23,27). The third kappa shape index (κ3) is 4.69. The number of thiocarbonyl (C=S) groups is 1. The molecule has 0 spiro atoms. The van der Waals surface area contributed by atoms with Crippen LogP contribution in [0.1, 0.15) is 39.2 Å². The van der Waals surface area contributed by atoms with Crippen LogP contribution in [0.15, 0.2) is 24.3 Å². The Balaban J connectivity index is 1.66. The highest BCUT2D eigenvalue weighted by molar-refractivity contribution is 7.80. The van der Waals surface area contributed by atoms with Crippen LogP contribution in [0.25, 0.3) is 0 Å². The molecule has 2 aromatic rings. The van der Waals surface area contributed by atoms with Gasteiger partial charge >= 0.3 is 5.97 Å². The van der Waals surface area contributed by atoms with Crippen LogP contribution in [0.3, 0.4) is 0 Å². The van der Waals surface area contributed by atoms with Crippen LogP contribution in [0.4, 0.5) is 5.00 Å². The third-order valence-electron chi connectivity index (χ3n) is 4.56. The van der Waals surface area contributed by atoms with Gasteiger partial charge in [0.2, 0.25) is 5.91 Å². The van der Waals surface area contributed by atoms with Gasteiger partial charge in [0, 0.05) is 4.88 Å². The number of fused-ring (bicyclic) bond motifs is 1. The fraction of sp³-hybridized carbons (Fsp3) is 0.350. The predicted molar refractivity (Wildman–Crippen MR) is 113 cm³/mol. The van der Waals surface area contributed by atoms with Crippen LogP contribution in [0.5, 0.6) is 5.75 Å². The van der Waals surface area contributed by atoms with Crippen LogP contribution in [-0.2, 0) is 28.8 Å². The predicted octanol–water partition coefficient (Wildman–Crippen LogP) is 3.48. The summed E-state index contributed by atoms with van der Waals surface area (Å²) in [6.07, 6.45) is 4.15. The molecule has 8 heteroatoms. The number of aryl methyl sites for hydroxylation is 1. The minimum Gasteiger partial charge on any atom is -0.497 e. The first kappa shape index (κ1) is 20.3. The Morgan fingerprint density at radius 1 is 1.14 bits per heavy atom. The summed E-state index contributed by atoms with van der Waals surface area (Å²) in [6.45, 7) is 0. The second-order valence-corrected chi connectivity index (χ2v) is 7.95. The molecule has 0 saturated carbocycles. The van der Waals surface area contributed by atoms with Gasteiger partial charge < -0.3 is 20.1 Å². The SMILES string of the molecule is COC(=O)c1c(NC(=S)NC(=O)Cc2ccc(OC)cc2)sc2c1CCCC2. The summed E-state index contributed by atoms with van der Waals surface area (Å²) < 4.78 is 10.1. The lowest BCUT2D eigenvalue weighted by Crippen LogP contribution is -2.35. The number of methoxy groups -OCH3 is 2. The van der Waals surface area contributed by atoms with Gasteiger partial charge in [-0.05, 0) is 61.2 Å². The van der Waals surface area contributed by atoms with Gasteiger partial charge in [0.15, 0.2) is 5.11 Å². The molecule has 1 amide bonds. The summed E-state index contributed by atoms with van der Waals surface area (Å²) in [5.74, 6) is 0.121. The van der Waals surface area contributed by atoms with E-state index in [0.29, 0.717) is 10.6 Å². The Morgan fingerprint density at radius 3 is 2.54 bits per heavy atom. The number of amides is 1. The van der Waals surface area contributed by atoms with Crippen molar-refractivity contribution in [3.05, 3.63) is 45.8 Å². The molecule has 0 radical (unpaired) electrons. The number of benzene rings is 1. The van der Waals surface area contributed by atoms with Crippen molar-refractivity contribution < 1.29 is 19.1 Å². The molecule has 148 valence electrons. The zero-order chi connectivity index (χ0) is 20.1. The van der Waals surface area contributed by atoms with E-state index in [-0.39, 0.29) is 23.4 Å². The average Bonchev–Trinajstić information content (AvgIpc) is 3.05. The number of hydrogen-bond donors (Lipinski definition) is 2. The Bertz CT molecular complexity index is 890. The Kier molecular flexibility index (Phi) is 6.64. The second-order valence-electron chi connectivity index (χ2n) is 6.43. The van der Waals surface area contributed by atoms with Crippen molar-refractivity contribution in [2.24, 2.45) is 0 Å². The van der Waals surface area contributed by atoms with Crippen molar-refractivity contribution in [2.75, 3.05) is 19.5 Å². The molecule has 6 nitrogen and oxygen atoms in total. The highest BCUT2D eigenvalue weighted by atomic mass is 32.1. The van der Waals surface area contributed by atoms with Crippen LogP contribution in [0.2, 0.25) is 0 Å². The van der Waals surface area contributed by atoms with E-state index in [1.54, 1.807) is 19.2 Å². The van der Waals surface area contributed by atoms with Crippen LogP contribution < -0.4 is 15.4 Å². The van der Waals surface area contributed by atoms with Gasteiger partial charge in [-0.3, -0.25) is 4.79 Å². The molecule has 1 heterocycles. The molecule has 3 rings (SSSR count). The van der Waals surface area contributed by atoms with Gasteiger partial charge in [-0.1, -0.05) is 12.1 Å². The molecule has 0 saturated heterocycles.